The molecule has 8 heteroatoms. The molecule has 3 aromatic heterocycles. The van der Waals surface area contributed by atoms with Crippen molar-refractivity contribution >= 4 is 17.1 Å². The van der Waals surface area contributed by atoms with Crippen LogP contribution < -0.4 is 0 Å². The molecule has 4 rings (SSSR count). The molecule has 8 nitrogen and oxygen atoms in total. The molecule has 0 saturated carbocycles. The summed E-state index contributed by atoms with van der Waals surface area (Å²) in [6.07, 6.45) is 7.35. The zero-order valence-corrected chi connectivity index (χ0v) is 17.6. The van der Waals surface area contributed by atoms with E-state index in [1.165, 1.54) is 0 Å². The Hall–Kier alpha value is -2.84. The van der Waals surface area contributed by atoms with Crippen molar-refractivity contribution in [1.29, 1.82) is 0 Å². The van der Waals surface area contributed by atoms with Gasteiger partial charge in [-0.05, 0) is 45.1 Å². The minimum Gasteiger partial charge on any atom is -0.376 e. The maximum absolute atomic E-state index is 13.3. The Labute approximate surface area is 176 Å². The average Bonchev–Trinajstić information content (AvgIpc) is 3.41. The Balaban J connectivity index is 1.53. The highest BCUT2D eigenvalue weighted by Gasteiger charge is 2.24. The van der Waals surface area contributed by atoms with Gasteiger partial charge in [0.25, 0.3) is 5.91 Å². The van der Waals surface area contributed by atoms with Crippen LogP contribution >= 0.6 is 0 Å². The Morgan fingerprint density at radius 2 is 2.13 bits per heavy atom. The predicted molar refractivity (Wildman–Crippen MR) is 114 cm³/mol. The topological polar surface area (TPSA) is 76.4 Å². The van der Waals surface area contributed by atoms with Crippen molar-refractivity contribution in [2.75, 3.05) is 40.3 Å². The molecular weight excluding hydrogens is 380 g/mol. The Morgan fingerprint density at radius 3 is 2.87 bits per heavy atom. The second-order valence-corrected chi connectivity index (χ2v) is 7.95. The smallest absolute Gasteiger partial charge is 0.255 e. The number of aromatic nitrogens is 4. The molecule has 1 aliphatic rings. The minimum atomic E-state index is -0.0268. The summed E-state index contributed by atoms with van der Waals surface area (Å²) in [6, 6.07) is 7.65. The number of carbonyl (C=O) groups excluding carboxylic acids is 1. The first-order valence-electron chi connectivity index (χ1n) is 10.4. The van der Waals surface area contributed by atoms with Gasteiger partial charge in [-0.15, -0.1) is 0 Å². The van der Waals surface area contributed by atoms with Crippen LogP contribution in [0.25, 0.3) is 11.2 Å². The van der Waals surface area contributed by atoms with E-state index in [1.807, 2.05) is 47.8 Å². The van der Waals surface area contributed by atoms with Crippen LogP contribution in [0.5, 0.6) is 0 Å². The van der Waals surface area contributed by atoms with E-state index >= 15 is 0 Å². The van der Waals surface area contributed by atoms with Gasteiger partial charge >= 0.3 is 0 Å². The summed E-state index contributed by atoms with van der Waals surface area (Å²) in [6.45, 7) is 3.43. The van der Waals surface area contributed by atoms with Crippen molar-refractivity contribution in [3.8, 4) is 0 Å². The molecule has 0 N–H and O–H groups in total. The van der Waals surface area contributed by atoms with E-state index in [9.17, 15) is 4.79 Å². The molecule has 158 valence electrons. The van der Waals surface area contributed by atoms with Gasteiger partial charge in [0.2, 0.25) is 0 Å². The highest BCUT2D eigenvalue weighted by atomic mass is 16.5. The molecule has 0 spiro atoms. The second kappa shape index (κ2) is 9.32. The van der Waals surface area contributed by atoms with Crippen molar-refractivity contribution in [2.24, 2.45) is 0 Å². The minimum absolute atomic E-state index is 0.0268. The van der Waals surface area contributed by atoms with Crippen molar-refractivity contribution in [1.82, 2.24) is 29.3 Å². The number of pyridine rings is 2. The Morgan fingerprint density at radius 1 is 1.23 bits per heavy atom. The number of hydrogen-bond donors (Lipinski definition) is 0. The van der Waals surface area contributed by atoms with Crippen molar-refractivity contribution < 1.29 is 9.53 Å². The SMILES string of the molecule is CN(C)CCN(CC1CCCO1)C(=O)c1cnc2c(c1)ncn2Cc1ccccn1. The first kappa shape index (κ1) is 20.4. The zero-order chi connectivity index (χ0) is 20.9. The summed E-state index contributed by atoms with van der Waals surface area (Å²) in [5.41, 5.74) is 2.95. The largest absolute Gasteiger partial charge is 0.376 e. The lowest BCUT2D eigenvalue weighted by atomic mass is 10.2. The first-order chi connectivity index (χ1) is 14.6. The van der Waals surface area contributed by atoms with Crippen molar-refractivity contribution in [2.45, 2.75) is 25.5 Å². The molecule has 0 aromatic carbocycles. The number of rotatable bonds is 8. The molecular formula is C22H28N6O2. The molecule has 30 heavy (non-hydrogen) atoms. The first-order valence-corrected chi connectivity index (χ1v) is 10.4. The summed E-state index contributed by atoms with van der Waals surface area (Å²) < 4.78 is 7.71. The number of ether oxygens (including phenoxy) is 1. The van der Waals surface area contributed by atoms with E-state index < -0.39 is 0 Å². The number of hydrogen-bond acceptors (Lipinski definition) is 6. The maximum atomic E-state index is 13.3. The van der Waals surface area contributed by atoms with E-state index in [-0.39, 0.29) is 12.0 Å². The molecule has 1 saturated heterocycles. The summed E-state index contributed by atoms with van der Waals surface area (Å²) in [7, 11) is 4.02. The average molecular weight is 409 g/mol. The van der Waals surface area contributed by atoms with Crippen LogP contribution in [0.4, 0.5) is 0 Å². The maximum Gasteiger partial charge on any atom is 0.255 e. The van der Waals surface area contributed by atoms with Gasteiger partial charge in [-0.1, -0.05) is 6.07 Å². The zero-order valence-electron chi connectivity index (χ0n) is 17.6. The Bertz CT molecular complexity index is 982. The summed E-state index contributed by atoms with van der Waals surface area (Å²) >= 11 is 0. The number of fused-ring (bicyclic) bond motifs is 1. The van der Waals surface area contributed by atoms with E-state index in [0.717, 1.165) is 37.3 Å². The molecule has 4 heterocycles. The van der Waals surface area contributed by atoms with Gasteiger partial charge in [-0.3, -0.25) is 9.78 Å². The molecule has 0 aliphatic carbocycles. The number of nitrogens with zero attached hydrogens (tertiary/aromatic N) is 6. The number of amides is 1. The quantitative estimate of drug-likeness (QED) is 0.568. The van der Waals surface area contributed by atoms with Gasteiger partial charge in [0.05, 0.1) is 30.2 Å². The fourth-order valence-corrected chi connectivity index (χ4v) is 3.66. The monoisotopic (exact) mass is 408 g/mol. The second-order valence-electron chi connectivity index (χ2n) is 7.95. The fourth-order valence-electron chi connectivity index (χ4n) is 3.66. The third kappa shape index (κ3) is 4.83. The molecule has 0 bridgehead atoms. The van der Waals surface area contributed by atoms with E-state index in [4.69, 9.17) is 4.74 Å². The van der Waals surface area contributed by atoms with Gasteiger partial charge in [-0.25, -0.2) is 9.97 Å². The highest BCUT2D eigenvalue weighted by Crippen LogP contribution is 2.18. The lowest BCUT2D eigenvalue weighted by molar-refractivity contribution is 0.0512. The van der Waals surface area contributed by atoms with Crippen molar-refractivity contribution in [3.63, 3.8) is 0 Å². The van der Waals surface area contributed by atoms with Crippen LogP contribution in [0.2, 0.25) is 0 Å². The lowest BCUT2D eigenvalue weighted by Crippen LogP contribution is -2.41. The fraction of sp³-hybridized carbons (Fsp3) is 0.455. The normalized spacial score (nSPS) is 16.4. The van der Waals surface area contributed by atoms with E-state index in [1.54, 1.807) is 18.7 Å². The molecule has 1 unspecified atom stereocenters. The van der Waals surface area contributed by atoms with Gasteiger partial charge in [0.15, 0.2) is 5.65 Å². The Kier molecular flexibility index (Phi) is 6.35. The molecule has 1 amide bonds. The molecule has 1 atom stereocenters. The number of likely N-dealkylation sites (N-methyl/N-ethyl adjacent to an activating group) is 1. The standard InChI is InChI=1S/C22H28N6O2/c1-26(2)9-10-27(15-19-7-5-11-30-19)22(29)17-12-20-21(24-13-17)28(16-25-20)14-18-6-3-4-8-23-18/h3-4,6,8,12-13,16,19H,5,7,9-11,14-15H2,1-2H3. The van der Waals surface area contributed by atoms with Gasteiger partial charge in [0.1, 0.15) is 5.52 Å². The van der Waals surface area contributed by atoms with Crippen LogP contribution in [0, 0.1) is 0 Å². The van der Waals surface area contributed by atoms with Crippen LogP contribution in [-0.4, -0.2) is 81.7 Å². The van der Waals surface area contributed by atoms with Gasteiger partial charge in [-0.2, -0.15) is 0 Å². The predicted octanol–water partition coefficient (Wildman–Crippen LogP) is 2.06. The molecule has 1 aliphatic heterocycles. The van der Waals surface area contributed by atoms with Crippen LogP contribution in [0.3, 0.4) is 0 Å². The van der Waals surface area contributed by atoms with Crippen LogP contribution in [0.1, 0.15) is 28.9 Å². The summed E-state index contributed by atoms with van der Waals surface area (Å²) in [5, 5.41) is 0. The van der Waals surface area contributed by atoms with Gasteiger partial charge in [0, 0.05) is 38.6 Å². The third-order valence-electron chi connectivity index (χ3n) is 5.31. The molecule has 0 radical (unpaired) electrons. The molecule has 3 aromatic rings. The summed E-state index contributed by atoms with van der Waals surface area (Å²) in [5.74, 6) is -0.0268. The summed E-state index contributed by atoms with van der Waals surface area (Å²) in [4.78, 5) is 30.6. The number of imidazole rings is 1. The molecule has 1 fully saturated rings. The highest BCUT2D eigenvalue weighted by molar-refractivity contribution is 5.96. The van der Waals surface area contributed by atoms with Crippen LogP contribution in [0.15, 0.2) is 43.0 Å². The van der Waals surface area contributed by atoms with Crippen molar-refractivity contribution in [3.05, 3.63) is 54.2 Å². The van der Waals surface area contributed by atoms with E-state index in [2.05, 4.69) is 19.9 Å². The third-order valence-corrected chi connectivity index (χ3v) is 5.31. The number of carbonyl (C=O) groups is 1. The van der Waals surface area contributed by atoms with E-state index in [0.29, 0.717) is 30.7 Å². The van der Waals surface area contributed by atoms with Gasteiger partial charge < -0.3 is 19.1 Å². The lowest BCUT2D eigenvalue weighted by Gasteiger charge is -2.26. The van der Waals surface area contributed by atoms with Crippen LogP contribution in [-0.2, 0) is 11.3 Å².